The summed E-state index contributed by atoms with van der Waals surface area (Å²) < 4.78 is 4.23. The zero-order valence-corrected chi connectivity index (χ0v) is 8.38. The smallest absolute Gasteiger partial charge is 0.243 e. The first-order valence-electron chi connectivity index (χ1n) is 4.23. The summed E-state index contributed by atoms with van der Waals surface area (Å²) in [7, 11) is 2.03. The van der Waals surface area contributed by atoms with Gasteiger partial charge >= 0.3 is 0 Å². The van der Waals surface area contributed by atoms with Crippen molar-refractivity contribution < 1.29 is 4.57 Å². The van der Waals surface area contributed by atoms with Crippen LogP contribution in [0, 0.1) is 11.5 Å². The van der Waals surface area contributed by atoms with Gasteiger partial charge in [-0.3, -0.25) is 0 Å². The van der Waals surface area contributed by atoms with Crippen molar-refractivity contribution in [1.29, 1.82) is 5.26 Å². The maximum Gasteiger partial charge on any atom is 0.243 e. The normalized spacial score (nSPS) is 7.79. The van der Waals surface area contributed by atoms with Gasteiger partial charge in [-0.25, -0.2) is 9.13 Å². The van der Waals surface area contributed by atoms with E-state index in [-0.39, 0.29) is 0 Å². The van der Waals surface area contributed by atoms with Gasteiger partial charge in [0.15, 0.2) is 0 Å². The number of nitriles is 1. The van der Waals surface area contributed by atoms with Gasteiger partial charge in [-0.2, -0.15) is 5.26 Å². The highest BCUT2D eigenvalue weighted by Crippen LogP contribution is 1.85. The lowest BCUT2D eigenvalue weighted by Gasteiger charge is -1.86. The Balaban J connectivity index is 0.000000292. The molecule has 0 aliphatic carbocycles. The van der Waals surface area contributed by atoms with Crippen molar-refractivity contribution in [3.05, 3.63) is 24.1 Å². The van der Waals surface area contributed by atoms with Crippen LogP contribution in [0.25, 0.3) is 5.41 Å². The molecule has 0 aliphatic heterocycles. The molecular formula is C9H13N5. The fourth-order valence-corrected chi connectivity index (χ4v) is 0.915. The lowest BCUT2D eigenvalue weighted by molar-refractivity contribution is -0.671. The molecule has 1 aromatic rings. The first kappa shape index (κ1) is 12.1. The average molecular weight is 191 g/mol. The standard InChI is InChI=1S/C7H13N2.C2N3/c1-3-4-9-6-5-8(2)7-9;3-1-5-2-4/h5-7H,3-4H2,1-2H3;/q+1;-1. The van der Waals surface area contributed by atoms with Crippen LogP contribution in [0.4, 0.5) is 0 Å². The summed E-state index contributed by atoms with van der Waals surface area (Å²) in [4.78, 5) is 2.58. The highest BCUT2D eigenvalue weighted by molar-refractivity contribution is 5.46. The third-order valence-corrected chi connectivity index (χ3v) is 1.41. The van der Waals surface area contributed by atoms with Crippen LogP contribution < -0.4 is 4.57 Å². The van der Waals surface area contributed by atoms with E-state index in [4.69, 9.17) is 10.7 Å². The van der Waals surface area contributed by atoms with Gasteiger partial charge in [0, 0.05) is 0 Å². The molecule has 0 amide bonds. The van der Waals surface area contributed by atoms with E-state index in [1.165, 1.54) is 18.6 Å². The number of aryl methyl sites for hydroxylation is 2. The van der Waals surface area contributed by atoms with E-state index >= 15 is 0 Å². The summed E-state index contributed by atoms with van der Waals surface area (Å²) in [6.07, 6.45) is 8.71. The first-order chi connectivity index (χ1) is 6.74. The summed E-state index contributed by atoms with van der Waals surface area (Å²) in [5, 5.41) is 14.9. The minimum Gasteiger partial charge on any atom is -0.422 e. The van der Waals surface area contributed by atoms with E-state index in [0.717, 1.165) is 6.54 Å². The second kappa shape index (κ2) is 7.71. The van der Waals surface area contributed by atoms with Gasteiger partial charge in [0.1, 0.15) is 12.4 Å². The van der Waals surface area contributed by atoms with Crippen molar-refractivity contribution in [2.45, 2.75) is 19.9 Å². The van der Waals surface area contributed by atoms with Crippen LogP contribution in [0.2, 0.25) is 0 Å². The number of hydrogen-bond donors (Lipinski definition) is 0. The summed E-state index contributed by atoms with van der Waals surface area (Å²) >= 11 is 0. The molecule has 0 bridgehead atoms. The summed E-state index contributed by atoms with van der Waals surface area (Å²) in [6, 6.07) is 1.28. The number of imidazole rings is 1. The summed E-state index contributed by atoms with van der Waals surface area (Å²) in [5.74, 6) is 0. The predicted molar refractivity (Wildman–Crippen MR) is 52.3 cm³/mol. The molecule has 0 fully saturated rings. The zero-order valence-electron chi connectivity index (χ0n) is 8.38. The number of nitrogens with zero attached hydrogens (tertiary/aromatic N) is 5. The van der Waals surface area contributed by atoms with Crippen molar-refractivity contribution in [3.8, 4) is 6.19 Å². The van der Waals surface area contributed by atoms with Crippen LogP contribution in [0.3, 0.4) is 0 Å². The predicted octanol–water partition coefficient (Wildman–Crippen LogP) is 0.933. The first-order valence-corrected chi connectivity index (χ1v) is 4.23. The topological polar surface area (TPSA) is 67.3 Å². The monoisotopic (exact) mass is 191 g/mol. The Kier molecular flexibility index (Phi) is 6.66. The minimum absolute atomic E-state index is 1.13. The molecule has 0 spiro atoms. The molecule has 0 aromatic carbocycles. The molecule has 0 saturated heterocycles. The zero-order chi connectivity index (χ0) is 10.8. The molecule has 0 radical (unpaired) electrons. The van der Waals surface area contributed by atoms with Crippen LogP contribution in [0.1, 0.15) is 13.3 Å². The second-order valence-electron chi connectivity index (χ2n) is 2.63. The Bertz CT molecular complexity index is 340. The molecule has 1 rings (SSSR count). The van der Waals surface area contributed by atoms with Crippen LogP contribution in [-0.4, -0.2) is 10.6 Å². The van der Waals surface area contributed by atoms with Crippen LogP contribution in [0.5, 0.6) is 0 Å². The van der Waals surface area contributed by atoms with E-state index in [1.54, 1.807) is 0 Å². The van der Waals surface area contributed by atoms with E-state index in [0.29, 0.717) is 0 Å². The van der Waals surface area contributed by atoms with Gasteiger partial charge in [-0.05, 0) is 6.42 Å². The van der Waals surface area contributed by atoms with Crippen molar-refractivity contribution in [1.82, 2.24) is 4.57 Å². The average Bonchev–Trinajstić information content (AvgIpc) is 2.55. The van der Waals surface area contributed by atoms with E-state index in [1.807, 2.05) is 7.05 Å². The molecule has 0 N–H and O–H groups in total. The Hall–Kier alpha value is -1.92. The van der Waals surface area contributed by atoms with E-state index in [9.17, 15) is 0 Å². The van der Waals surface area contributed by atoms with Gasteiger partial charge in [-0.15, -0.1) is 6.01 Å². The summed E-state index contributed by atoms with van der Waals surface area (Å²) in [6.45, 7) is 3.31. The van der Waals surface area contributed by atoms with Crippen molar-refractivity contribution in [2.75, 3.05) is 0 Å². The molecule has 5 heteroatoms. The van der Waals surface area contributed by atoms with Gasteiger partial charge in [0.05, 0.1) is 19.8 Å². The minimum atomic E-state index is 1.13. The van der Waals surface area contributed by atoms with Crippen LogP contribution in [-0.2, 0) is 13.6 Å². The van der Waals surface area contributed by atoms with E-state index < -0.39 is 0 Å². The van der Waals surface area contributed by atoms with Crippen molar-refractivity contribution >= 4 is 6.01 Å². The molecule has 14 heavy (non-hydrogen) atoms. The highest BCUT2D eigenvalue weighted by Gasteiger charge is 1.94. The second-order valence-corrected chi connectivity index (χ2v) is 2.63. The fraction of sp³-hybridized carbons (Fsp3) is 0.444. The van der Waals surface area contributed by atoms with Crippen LogP contribution in [0.15, 0.2) is 23.7 Å². The molecular weight excluding hydrogens is 178 g/mol. The third kappa shape index (κ3) is 5.70. The number of aliphatic imine (C=N–C) groups is 1. The van der Waals surface area contributed by atoms with Gasteiger partial charge < -0.3 is 10.4 Å². The molecule has 1 aromatic heterocycles. The van der Waals surface area contributed by atoms with Crippen molar-refractivity contribution in [3.63, 3.8) is 0 Å². The SMILES string of the molecule is CCCn1cc[n+](C)c1.N#CN=C=[N-]. The molecule has 0 saturated carbocycles. The number of rotatable bonds is 2. The maximum absolute atomic E-state index is 7.43. The van der Waals surface area contributed by atoms with Gasteiger partial charge in [0.25, 0.3) is 0 Å². The largest absolute Gasteiger partial charge is 0.422 e. The van der Waals surface area contributed by atoms with Gasteiger partial charge in [0.2, 0.25) is 6.33 Å². The van der Waals surface area contributed by atoms with E-state index in [2.05, 4.69) is 39.8 Å². The molecule has 5 nitrogen and oxygen atoms in total. The van der Waals surface area contributed by atoms with Gasteiger partial charge in [-0.1, -0.05) is 6.92 Å². The quantitative estimate of drug-likeness (QED) is 0.389. The Labute approximate surface area is 83.4 Å². The lowest BCUT2D eigenvalue weighted by Crippen LogP contribution is -2.23. The Morgan fingerprint density at radius 3 is 2.64 bits per heavy atom. The fourth-order valence-electron chi connectivity index (χ4n) is 0.915. The molecule has 0 unspecified atom stereocenters. The molecule has 1 heterocycles. The highest BCUT2D eigenvalue weighted by atomic mass is 15.1. The Morgan fingerprint density at radius 2 is 2.36 bits per heavy atom. The maximum atomic E-state index is 7.43. The lowest BCUT2D eigenvalue weighted by atomic mass is 10.5. The number of hydrogen-bond acceptors (Lipinski definition) is 2. The molecule has 0 atom stereocenters. The number of aromatic nitrogens is 2. The van der Waals surface area contributed by atoms with Crippen LogP contribution >= 0.6 is 0 Å². The van der Waals surface area contributed by atoms with Crippen molar-refractivity contribution in [2.24, 2.45) is 12.0 Å². The molecule has 74 valence electrons. The molecule has 0 aliphatic rings. The Morgan fingerprint density at radius 1 is 1.64 bits per heavy atom. The third-order valence-electron chi connectivity index (χ3n) is 1.41. The summed E-state index contributed by atoms with van der Waals surface area (Å²) in [5.41, 5.74) is 0.